The van der Waals surface area contributed by atoms with E-state index < -0.39 is 0 Å². The van der Waals surface area contributed by atoms with Crippen molar-refractivity contribution < 1.29 is 0 Å². The maximum absolute atomic E-state index is 3.71. The number of nitrogens with zero attached hydrogens (tertiary/aromatic N) is 1. The van der Waals surface area contributed by atoms with E-state index in [0.29, 0.717) is 0 Å². The van der Waals surface area contributed by atoms with Crippen LogP contribution in [0.5, 0.6) is 0 Å². The average Bonchev–Trinajstić information content (AvgIpc) is 2.79. The molecule has 2 heterocycles. The Hall–Kier alpha value is 0.270. The van der Waals surface area contributed by atoms with Gasteiger partial charge in [0.1, 0.15) is 0 Å². The first kappa shape index (κ1) is 11.7. The Morgan fingerprint density at radius 3 is 2.60 bits per heavy atom. The number of hydrogen-bond acceptors (Lipinski definition) is 3. The number of thioether (sulfide) groups is 1. The lowest BCUT2D eigenvalue weighted by molar-refractivity contribution is 0.326. The molecule has 2 fully saturated rings. The Bertz CT molecular complexity index is 163. The zero-order chi connectivity index (χ0) is 10.3. The Kier molecular flexibility index (Phi) is 5.30. The van der Waals surface area contributed by atoms with Gasteiger partial charge in [0.25, 0.3) is 0 Å². The first-order valence-electron chi connectivity index (χ1n) is 6.48. The number of rotatable bonds is 5. The van der Waals surface area contributed by atoms with Crippen LogP contribution in [-0.4, -0.2) is 48.6 Å². The van der Waals surface area contributed by atoms with Gasteiger partial charge in [-0.1, -0.05) is 0 Å². The van der Waals surface area contributed by atoms with E-state index in [-0.39, 0.29) is 0 Å². The van der Waals surface area contributed by atoms with Gasteiger partial charge in [-0.25, -0.2) is 0 Å². The highest BCUT2D eigenvalue weighted by molar-refractivity contribution is 7.99. The molecule has 2 aliphatic heterocycles. The summed E-state index contributed by atoms with van der Waals surface area (Å²) in [6.07, 6.45) is 6.95. The van der Waals surface area contributed by atoms with E-state index in [2.05, 4.69) is 22.0 Å². The monoisotopic (exact) mass is 228 g/mol. The molecule has 2 aliphatic rings. The third kappa shape index (κ3) is 4.33. The van der Waals surface area contributed by atoms with Crippen LogP contribution in [0, 0.1) is 0 Å². The van der Waals surface area contributed by atoms with Crippen molar-refractivity contribution in [2.24, 2.45) is 0 Å². The molecule has 0 amide bonds. The van der Waals surface area contributed by atoms with E-state index in [1.807, 2.05) is 0 Å². The third-order valence-corrected chi connectivity index (χ3v) is 4.55. The van der Waals surface area contributed by atoms with E-state index >= 15 is 0 Å². The normalized spacial score (nSPS) is 24.8. The molecule has 2 saturated heterocycles. The minimum absolute atomic E-state index is 0.824. The second-order valence-corrected chi connectivity index (χ2v) is 5.97. The zero-order valence-electron chi connectivity index (χ0n) is 9.71. The van der Waals surface area contributed by atoms with Gasteiger partial charge < -0.3 is 10.2 Å². The van der Waals surface area contributed by atoms with Crippen LogP contribution in [0.25, 0.3) is 0 Å². The lowest BCUT2D eigenvalue weighted by Gasteiger charge is -2.23. The smallest absolute Gasteiger partial charge is 0.00827 e. The van der Waals surface area contributed by atoms with Crippen molar-refractivity contribution in [3.05, 3.63) is 0 Å². The summed E-state index contributed by atoms with van der Waals surface area (Å²) >= 11 is 2.11. The molecule has 0 unspecified atom stereocenters. The molecule has 2 nitrogen and oxygen atoms in total. The summed E-state index contributed by atoms with van der Waals surface area (Å²) < 4.78 is 0. The van der Waals surface area contributed by atoms with Gasteiger partial charge in [0.05, 0.1) is 0 Å². The largest absolute Gasteiger partial charge is 0.314 e. The van der Waals surface area contributed by atoms with Gasteiger partial charge in [0.15, 0.2) is 0 Å². The number of likely N-dealkylation sites (tertiary alicyclic amines) is 1. The highest BCUT2D eigenvalue weighted by Crippen LogP contribution is 2.16. The lowest BCUT2D eigenvalue weighted by atomic mass is 10.1. The number of nitrogens with one attached hydrogen (secondary N) is 1. The molecule has 0 aromatic heterocycles. The van der Waals surface area contributed by atoms with Gasteiger partial charge in [0, 0.05) is 6.04 Å². The van der Waals surface area contributed by atoms with Crippen molar-refractivity contribution in [3.8, 4) is 0 Å². The predicted molar refractivity (Wildman–Crippen MR) is 68.6 cm³/mol. The van der Waals surface area contributed by atoms with Gasteiger partial charge in [-0.2, -0.15) is 11.8 Å². The fourth-order valence-corrected chi connectivity index (χ4v) is 3.62. The van der Waals surface area contributed by atoms with Gasteiger partial charge in [0.2, 0.25) is 0 Å². The lowest BCUT2D eigenvalue weighted by Crippen LogP contribution is -2.34. The number of hydrogen-bond donors (Lipinski definition) is 1. The summed E-state index contributed by atoms with van der Waals surface area (Å²) in [5.41, 5.74) is 0. The molecule has 0 aromatic rings. The van der Waals surface area contributed by atoms with Crippen molar-refractivity contribution in [3.63, 3.8) is 0 Å². The molecule has 0 bridgehead atoms. The van der Waals surface area contributed by atoms with Crippen LogP contribution in [-0.2, 0) is 0 Å². The predicted octanol–water partition coefficient (Wildman–Crippen LogP) is 1.96. The minimum atomic E-state index is 0.824. The molecule has 0 spiro atoms. The van der Waals surface area contributed by atoms with Crippen LogP contribution >= 0.6 is 11.8 Å². The average molecular weight is 228 g/mol. The zero-order valence-corrected chi connectivity index (χ0v) is 10.5. The van der Waals surface area contributed by atoms with E-state index in [1.165, 1.54) is 69.8 Å². The molecule has 88 valence electrons. The topological polar surface area (TPSA) is 15.3 Å². The molecule has 1 N–H and O–H groups in total. The molecule has 0 radical (unpaired) electrons. The van der Waals surface area contributed by atoms with Crippen LogP contribution in [0.2, 0.25) is 0 Å². The molecule has 15 heavy (non-hydrogen) atoms. The molecular weight excluding hydrogens is 204 g/mol. The summed E-state index contributed by atoms with van der Waals surface area (Å²) in [4.78, 5) is 2.61. The Morgan fingerprint density at radius 1 is 1.13 bits per heavy atom. The van der Waals surface area contributed by atoms with Crippen LogP contribution in [0.3, 0.4) is 0 Å². The molecule has 3 heteroatoms. The van der Waals surface area contributed by atoms with Crippen molar-refractivity contribution in [2.45, 2.75) is 38.1 Å². The van der Waals surface area contributed by atoms with Crippen LogP contribution < -0.4 is 5.32 Å². The summed E-state index contributed by atoms with van der Waals surface area (Å²) in [5, 5.41) is 3.71. The van der Waals surface area contributed by atoms with Crippen molar-refractivity contribution >= 4 is 11.8 Å². The van der Waals surface area contributed by atoms with Gasteiger partial charge in [-0.05, 0) is 69.8 Å². The van der Waals surface area contributed by atoms with E-state index in [9.17, 15) is 0 Å². The summed E-state index contributed by atoms with van der Waals surface area (Å²) in [6.45, 7) is 5.24. The van der Waals surface area contributed by atoms with Crippen LogP contribution in [0.1, 0.15) is 32.1 Å². The maximum atomic E-state index is 3.71. The standard InChI is InChI=1S/C12H24N2S/c1-2-8-14(7-1)9-3-6-13-12-4-10-15-11-5-12/h12-13H,1-11H2. The SMILES string of the molecule is C1CCN(CCCNC2CCSCC2)C1. The Morgan fingerprint density at radius 2 is 1.87 bits per heavy atom. The maximum Gasteiger partial charge on any atom is 0.00827 e. The fraction of sp³-hybridized carbons (Fsp3) is 1.00. The molecular formula is C12H24N2S. The van der Waals surface area contributed by atoms with Crippen LogP contribution in [0.15, 0.2) is 0 Å². The van der Waals surface area contributed by atoms with Crippen molar-refractivity contribution in [1.29, 1.82) is 0 Å². The second-order valence-electron chi connectivity index (χ2n) is 4.74. The van der Waals surface area contributed by atoms with Crippen molar-refractivity contribution in [2.75, 3.05) is 37.7 Å². The summed E-state index contributed by atoms with van der Waals surface area (Å²) in [7, 11) is 0. The molecule has 0 aromatic carbocycles. The van der Waals surface area contributed by atoms with Gasteiger partial charge in [-0.3, -0.25) is 0 Å². The summed E-state index contributed by atoms with van der Waals surface area (Å²) in [6, 6.07) is 0.824. The minimum Gasteiger partial charge on any atom is -0.314 e. The molecule has 0 saturated carbocycles. The van der Waals surface area contributed by atoms with Crippen molar-refractivity contribution in [1.82, 2.24) is 10.2 Å². The van der Waals surface area contributed by atoms with Gasteiger partial charge >= 0.3 is 0 Å². The van der Waals surface area contributed by atoms with Gasteiger partial charge in [-0.15, -0.1) is 0 Å². The quantitative estimate of drug-likeness (QED) is 0.724. The third-order valence-electron chi connectivity index (χ3n) is 3.50. The van der Waals surface area contributed by atoms with E-state index in [4.69, 9.17) is 0 Å². The van der Waals surface area contributed by atoms with Crippen LogP contribution in [0.4, 0.5) is 0 Å². The molecule has 0 aliphatic carbocycles. The molecule has 0 atom stereocenters. The Labute approximate surface area is 98.2 Å². The fourth-order valence-electron chi connectivity index (χ4n) is 2.52. The van der Waals surface area contributed by atoms with E-state index in [1.54, 1.807) is 0 Å². The van der Waals surface area contributed by atoms with E-state index in [0.717, 1.165) is 6.04 Å². The first-order chi connectivity index (χ1) is 7.45. The Balaban J connectivity index is 1.47. The highest BCUT2D eigenvalue weighted by atomic mass is 32.2. The summed E-state index contributed by atoms with van der Waals surface area (Å²) in [5.74, 6) is 2.73. The molecule has 2 rings (SSSR count). The first-order valence-corrected chi connectivity index (χ1v) is 7.64. The highest BCUT2D eigenvalue weighted by Gasteiger charge is 2.13. The second kappa shape index (κ2) is 6.77.